The van der Waals surface area contributed by atoms with Crippen LogP contribution in [0, 0.1) is 11.6 Å². The predicted octanol–water partition coefficient (Wildman–Crippen LogP) is 4.25. The summed E-state index contributed by atoms with van der Waals surface area (Å²) in [5.41, 5.74) is 0.855. The van der Waals surface area contributed by atoms with Gasteiger partial charge in [-0.05, 0) is 36.4 Å². The molecule has 0 radical (unpaired) electrons. The van der Waals surface area contributed by atoms with Crippen molar-refractivity contribution in [3.63, 3.8) is 0 Å². The third-order valence-electron chi connectivity index (χ3n) is 4.61. The van der Waals surface area contributed by atoms with Crippen molar-refractivity contribution in [2.45, 2.75) is 4.90 Å². The first-order valence-corrected chi connectivity index (χ1v) is 11.5. The zero-order valence-corrected chi connectivity index (χ0v) is 17.4. The largest absolute Gasteiger partial charge is 0.345 e. The van der Waals surface area contributed by atoms with Gasteiger partial charge in [-0.1, -0.05) is 11.6 Å². The second-order valence-electron chi connectivity index (χ2n) is 6.52. The fourth-order valence-electron chi connectivity index (χ4n) is 3.12. The number of nitrogens with zero attached hydrogens (tertiary/aromatic N) is 3. The van der Waals surface area contributed by atoms with E-state index in [1.165, 1.54) is 39.9 Å². The van der Waals surface area contributed by atoms with Gasteiger partial charge in [0.25, 0.3) is 0 Å². The van der Waals surface area contributed by atoms with E-state index >= 15 is 0 Å². The van der Waals surface area contributed by atoms with Gasteiger partial charge in [0.15, 0.2) is 5.13 Å². The fraction of sp³-hybridized carbons (Fsp3) is 0.211. The Kier molecular flexibility index (Phi) is 5.56. The number of anilines is 1. The maximum absolute atomic E-state index is 13.4. The van der Waals surface area contributed by atoms with Crippen LogP contribution in [0.25, 0.3) is 11.3 Å². The van der Waals surface area contributed by atoms with E-state index in [1.807, 2.05) is 4.90 Å². The fourth-order valence-corrected chi connectivity index (χ4v) is 5.56. The van der Waals surface area contributed by atoms with Gasteiger partial charge in [-0.15, -0.1) is 11.3 Å². The molecule has 29 heavy (non-hydrogen) atoms. The van der Waals surface area contributed by atoms with Crippen molar-refractivity contribution in [2.75, 3.05) is 31.1 Å². The molecule has 2 aromatic carbocycles. The minimum atomic E-state index is -3.58. The number of hydrogen-bond acceptors (Lipinski definition) is 5. The van der Waals surface area contributed by atoms with E-state index in [4.69, 9.17) is 11.6 Å². The summed E-state index contributed by atoms with van der Waals surface area (Å²) < 4.78 is 53.9. The molecule has 2 heterocycles. The Hall–Kier alpha value is -2.07. The molecule has 0 saturated carbocycles. The van der Waals surface area contributed by atoms with Crippen LogP contribution in [0.2, 0.25) is 5.02 Å². The summed E-state index contributed by atoms with van der Waals surface area (Å²) in [5, 5.41) is 2.90. The highest BCUT2D eigenvalue weighted by Gasteiger charge is 2.29. The quantitative estimate of drug-likeness (QED) is 0.590. The predicted molar refractivity (Wildman–Crippen MR) is 110 cm³/mol. The lowest BCUT2D eigenvalue weighted by molar-refractivity contribution is 0.385. The molecule has 3 aromatic rings. The molecule has 5 nitrogen and oxygen atoms in total. The lowest BCUT2D eigenvalue weighted by Gasteiger charge is -2.33. The van der Waals surface area contributed by atoms with Crippen LogP contribution in [0.1, 0.15) is 0 Å². The van der Waals surface area contributed by atoms with Gasteiger partial charge in [-0.2, -0.15) is 4.31 Å². The summed E-state index contributed by atoms with van der Waals surface area (Å²) in [6.45, 7) is 1.57. The summed E-state index contributed by atoms with van der Waals surface area (Å²) >= 11 is 7.19. The standard InChI is InChI=1S/C19H16ClF2N3O2S2/c20-14-1-3-17(4-2-14)29(26,27)25-7-5-24(6-8-25)19-23-18(12-28-19)13-9-15(21)11-16(22)10-13/h1-4,9-12H,5-8H2. The number of thiazole rings is 1. The van der Waals surface area contributed by atoms with Crippen molar-refractivity contribution in [1.82, 2.24) is 9.29 Å². The summed E-state index contributed by atoms with van der Waals surface area (Å²) in [7, 11) is -3.58. The average molecular weight is 456 g/mol. The molecule has 1 aliphatic rings. The zero-order valence-electron chi connectivity index (χ0n) is 15.1. The first-order valence-electron chi connectivity index (χ1n) is 8.75. The zero-order chi connectivity index (χ0) is 20.6. The van der Waals surface area contributed by atoms with Crippen LogP contribution in [-0.4, -0.2) is 43.9 Å². The molecule has 0 unspecified atom stereocenters. The monoisotopic (exact) mass is 455 g/mol. The maximum atomic E-state index is 13.4. The molecular formula is C19H16ClF2N3O2S2. The number of rotatable bonds is 4. The lowest BCUT2D eigenvalue weighted by atomic mass is 10.1. The van der Waals surface area contributed by atoms with Gasteiger partial charge in [-0.3, -0.25) is 0 Å². The molecule has 152 valence electrons. The highest BCUT2D eigenvalue weighted by atomic mass is 35.5. The molecule has 4 rings (SSSR count). The number of hydrogen-bond donors (Lipinski definition) is 0. The highest BCUT2D eigenvalue weighted by Crippen LogP contribution is 2.30. The SMILES string of the molecule is O=S(=O)(c1ccc(Cl)cc1)N1CCN(c2nc(-c3cc(F)cc(F)c3)cs2)CC1. The topological polar surface area (TPSA) is 53.5 Å². The van der Waals surface area contributed by atoms with E-state index in [9.17, 15) is 17.2 Å². The van der Waals surface area contributed by atoms with Gasteiger partial charge in [0.2, 0.25) is 10.0 Å². The van der Waals surface area contributed by atoms with Crippen molar-refractivity contribution in [3.8, 4) is 11.3 Å². The van der Waals surface area contributed by atoms with Gasteiger partial charge in [0.05, 0.1) is 10.6 Å². The first kappa shape index (κ1) is 20.2. The van der Waals surface area contributed by atoms with Crippen molar-refractivity contribution in [2.24, 2.45) is 0 Å². The molecule has 0 amide bonds. The number of benzene rings is 2. The van der Waals surface area contributed by atoms with Crippen molar-refractivity contribution in [1.29, 1.82) is 0 Å². The Morgan fingerprint density at radius 1 is 0.966 bits per heavy atom. The van der Waals surface area contributed by atoms with Crippen LogP contribution in [-0.2, 0) is 10.0 Å². The molecule has 1 aromatic heterocycles. The molecule has 0 atom stereocenters. The molecule has 0 aliphatic carbocycles. The maximum Gasteiger partial charge on any atom is 0.243 e. The molecule has 0 spiro atoms. The molecule has 1 fully saturated rings. The Bertz CT molecular complexity index is 1110. The molecule has 10 heteroatoms. The van der Waals surface area contributed by atoms with Gasteiger partial charge in [0.1, 0.15) is 11.6 Å². The number of piperazine rings is 1. The highest BCUT2D eigenvalue weighted by molar-refractivity contribution is 7.89. The molecule has 1 aliphatic heterocycles. The lowest BCUT2D eigenvalue weighted by Crippen LogP contribution is -2.48. The Labute approximate surface area is 176 Å². The summed E-state index contributed by atoms with van der Waals surface area (Å²) in [6, 6.07) is 9.38. The summed E-state index contributed by atoms with van der Waals surface area (Å²) in [5.74, 6) is -1.31. The van der Waals surface area contributed by atoms with Crippen LogP contribution in [0.5, 0.6) is 0 Å². The number of aromatic nitrogens is 1. The third-order valence-corrected chi connectivity index (χ3v) is 7.68. The van der Waals surface area contributed by atoms with Crippen molar-refractivity contribution >= 4 is 38.1 Å². The smallest absolute Gasteiger partial charge is 0.243 e. The molecule has 0 N–H and O–H groups in total. The van der Waals surface area contributed by atoms with Crippen LogP contribution >= 0.6 is 22.9 Å². The van der Waals surface area contributed by atoms with Crippen molar-refractivity contribution in [3.05, 3.63) is 64.5 Å². The normalized spacial score (nSPS) is 15.6. The van der Waals surface area contributed by atoms with Crippen LogP contribution in [0.15, 0.2) is 52.7 Å². The molecular weight excluding hydrogens is 440 g/mol. The number of sulfonamides is 1. The van der Waals surface area contributed by atoms with E-state index in [1.54, 1.807) is 17.5 Å². The van der Waals surface area contributed by atoms with E-state index in [0.29, 0.717) is 47.6 Å². The Morgan fingerprint density at radius 2 is 1.59 bits per heavy atom. The average Bonchev–Trinajstić information content (AvgIpc) is 3.18. The van der Waals surface area contributed by atoms with E-state index in [0.717, 1.165) is 6.07 Å². The van der Waals surface area contributed by atoms with Gasteiger partial charge in [0, 0.05) is 48.2 Å². The Morgan fingerprint density at radius 3 is 2.21 bits per heavy atom. The Balaban J connectivity index is 1.46. The third kappa shape index (κ3) is 4.28. The minimum absolute atomic E-state index is 0.208. The van der Waals surface area contributed by atoms with Gasteiger partial charge in [-0.25, -0.2) is 22.2 Å². The second kappa shape index (κ2) is 7.98. The van der Waals surface area contributed by atoms with Gasteiger partial charge >= 0.3 is 0 Å². The van der Waals surface area contributed by atoms with Crippen LogP contribution in [0.4, 0.5) is 13.9 Å². The summed E-state index contributed by atoms with van der Waals surface area (Å²) in [4.78, 5) is 6.65. The van der Waals surface area contributed by atoms with E-state index < -0.39 is 21.7 Å². The minimum Gasteiger partial charge on any atom is -0.345 e. The number of halogens is 3. The van der Waals surface area contributed by atoms with Gasteiger partial charge < -0.3 is 4.90 Å². The second-order valence-corrected chi connectivity index (χ2v) is 9.73. The molecule has 0 bridgehead atoms. The first-order chi connectivity index (χ1) is 13.8. The van der Waals surface area contributed by atoms with Crippen LogP contribution in [0.3, 0.4) is 0 Å². The van der Waals surface area contributed by atoms with E-state index in [-0.39, 0.29) is 4.90 Å². The summed E-state index contributed by atoms with van der Waals surface area (Å²) in [6.07, 6.45) is 0. The van der Waals surface area contributed by atoms with Crippen molar-refractivity contribution < 1.29 is 17.2 Å². The van der Waals surface area contributed by atoms with E-state index in [2.05, 4.69) is 4.98 Å². The van der Waals surface area contributed by atoms with Crippen LogP contribution < -0.4 is 4.90 Å². The molecule has 1 saturated heterocycles.